The first kappa shape index (κ1) is 15.5. The number of rotatable bonds is 5. The summed E-state index contributed by atoms with van der Waals surface area (Å²) in [6, 6.07) is 13.2. The van der Waals surface area contributed by atoms with E-state index in [1.807, 2.05) is 30.3 Å². The minimum Gasteiger partial charge on any atom is -0.490 e. The second-order valence-corrected chi connectivity index (χ2v) is 5.40. The van der Waals surface area contributed by atoms with Crippen LogP contribution in [0.3, 0.4) is 0 Å². The third-order valence-corrected chi connectivity index (χ3v) is 3.37. The number of hydrogen-bond donors (Lipinski definition) is 2. The Hall–Kier alpha value is -1.91. The van der Waals surface area contributed by atoms with Gasteiger partial charge in [0.1, 0.15) is 23.8 Å². The van der Waals surface area contributed by atoms with Crippen LogP contribution in [0, 0.1) is 5.82 Å². The molecule has 2 atom stereocenters. The highest BCUT2D eigenvalue weighted by atomic mass is 19.1. The van der Waals surface area contributed by atoms with Gasteiger partial charge in [-0.3, -0.25) is 0 Å². The Kier molecular flexibility index (Phi) is 4.60. The molecule has 0 radical (unpaired) electrons. The molecule has 112 valence electrons. The highest BCUT2D eigenvalue weighted by Gasteiger charge is 2.24. The lowest BCUT2D eigenvalue weighted by molar-refractivity contribution is 0.00711. The molecule has 0 aliphatic heterocycles. The average Bonchev–Trinajstić information content (AvgIpc) is 2.46. The summed E-state index contributed by atoms with van der Waals surface area (Å²) >= 11 is 0. The smallest absolute Gasteiger partial charge is 0.127 e. The lowest BCUT2D eigenvalue weighted by Gasteiger charge is -2.25. The number of halogens is 1. The summed E-state index contributed by atoms with van der Waals surface area (Å²) in [5.41, 5.74) is 6.13. The van der Waals surface area contributed by atoms with Crippen molar-refractivity contribution >= 4 is 0 Å². The van der Waals surface area contributed by atoms with E-state index in [0.29, 0.717) is 11.3 Å². The maximum atomic E-state index is 13.4. The zero-order valence-electron chi connectivity index (χ0n) is 12.2. The predicted molar refractivity (Wildman–Crippen MR) is 80.5 cm³/mol. The fraction of sp³-hybridized carbons (Fsp3) is 0.294. The van der Waals surface area contributed by atoms with Gasteiger partial charge in [-0.05, 0) is 25.5 Å². The van der Waals surface area contributed by atoms with Crippen LogP contribution in [0.15, 0.2) is 48.5 Å². The molecule has 3 nitrogen and oxygen atoms in total. The van der Waals surface area contributed by atoms with Gasteiger partial charge in [-0.25, -0.2) is 4.39 Å². The zero-order chi connectivity index (χ0) is 15.5. The lowest BCUT2D eigenvalue weighted by atomic mass is 9.97. The molecule has 0 fully saturated rings. The van der Waals surface area contributed by atoms with E-state index in [0.717, 1.165) is 5.56 Å². The van der Waals surface area contributed by atoms with Gasteiger partial charge in [0.05, 0.1) is 0 Å². The largest absolute Gasteiger partial charge is 0.490 e. The highest BCUT2D eigenvalue weighted by Crippen LogP contribution is 2.27. The van der Waals surface area contributed by atoms with Crippen molar-refractivity contribution in [1.82, 2.24) is 0 Å². The van der Waals surface area contributed by atoms with Gasteiger partial charge in [0.25, 0.3) is 0 Å². The van der Waals surface area contributed by atoms with Crippen LogP contribution in [0.25, 0.3) is 0 Å². The molecule has 2 aromatic rings. The van der Waals surface area contributed by atoms with Crippen molar-refractivity contribution in [3.05, 3.63) is 65.5 Å². The Labute approximate surface area is 124 Å². The monoisotopic (exact) mass is 289 g/mol. The molecule has 0 heterocycles. The van der Waals surface area contributed by atoms with E-state index in [-0.39, 0.29) is 12.6 Å². The molecule has 0 saturated heterocycles. The van der Waals surface area contributed by atoms with E-state index in [1.54, 1.807) is 19.9 Å². The second-order valence-electron chi connectivity index (χ2n) is 5.40. The Morgan fingerprint density at radius 1 is 1.24 bits per heavy atom. The van der Waals surface area contributed by atoms with Crippen LogP contribution in [0.4, 0.5) is 4.39 Å². The molecule has 0 aliphatic rings. The SMILES string of the molecule is C[C@@H](N)c1ccc(F)cc1OCC(C)(O)c1ccccc1. The quantitative estimate of drug-likeness (QED) is 0.889. The fourth-order valence-corrected chi connectivity index (χ4v) is 2.11. The summed E-state index contributed by atoms with van der Waals surface area (Å²) in [5.74, 6) is -0.0324. The summed E-state index contributed by atoms with van der Waals surface area (Å²) < 4.78 is 19.0. The molecule has 0 spiro atoms. The average molecular weight is 289 g/mol. The Bertz CT molecular complexity index is 597. The number of aliphatic hydroxyl groups is 1. The van der Waals surface area contributed by atoms with Crippen LogP contribution in [0.1, 0.15) is 31.0 Å². The fourth-order valence-electron chi connectivity index (χ4n) is 2.11. The van der Waals surface area contributed by atoms with Gasteiger partial charge in [0.2, 0.25) is 0 Å². The summed E-state index contributed by atoms with van der Waals surface area (Å²) in [5, 5.41) is 10.5. The van der Waals surface area contributed by atoms with Crippen LogP contribution >= 0.6 is 0 Å². The first-order valence-electron chi connectivity index (χ1n) is 6.86. The maximum Gasteiger partial charge on any atom is 0.127 e. The molecule has 1 unspecified atom stereocenters. The van der Waals surface area contributed by atoms with E-state index >= 15 is 0 Å². The first-order chi connectivity index (χ1) is 9.90. The highest BCUT2D eigenvalue weighted by molar-refractivity contribution is 5.36. The number of nitrogens with two attached hydrogens (primary N) is 1. The van der Waals surface area contributed by atoms with Crippen LogP contribution < -0.4 is 10.5 Å². The molecule has 0 aliphatic carbocycles. The Morgan fingerprint density at radius 3 is 2.52 bits per heavy atom. The second kappa shape index (κ2) is 6.24. The molecular formula is C17H20FNO2. The van der Waals surface area contributed by atoms with Crippen molar-refractivity contribution in [2.75, 3.05) is 6.61 Å². The van der Waals surface area contributed by atoms with Gasteiger partial charge in [-0.15, -0.1) is 0 Å². The van der Waals surface area contributed by atoms with Crippen LogP contribution in [-0.4, -0.2) is 11.7 Å². The van der Waals surface area contributed by atoms with Crippen molar-refractivity contribution in [2.45, 2.75) is 25.5 Å². The van der Waals surface area contributed by atoms with Crippen LogP contribution in [-0.2, 0) is 5.60 Å². The topological polar surface area (TPSA) is 55.5 Å². The first-order valence-corrected chi connectivity index (χ1v) is 6.86. The number of hydrogen-bond acceptors (Lipinski definition) is 3. The van der Waals surface area contributed by atoms with E-state index in [2.05, 4.69) is 0 Å². The minimum absolute atomic E-state index is 0.0141. The summed E-state index contributed by atoms with van der Waals surface area (Å²) in [7, 11) is 0. The molecule has 4 heteroatoms. The standard InChI is InChI=1S/C17H20FNO2/c1-12(19)15-9-8-14(18)10-16(15)21-11-17(2,20)13-6-4-3-5-7-13/h3-10,12,20H,11,19H2,1-2H3/t12-,17?/m1/s1. The zero-order valence-corrected chi connectivity index (χ0v) is 12.2. The van der Waals surface area contributed by atoms with Gasteiger partial charge in [0.15, 0.2) is 0 Å². The normalized spacial score (nSPS) is 15.3. The molecule has 0 aromatic heterocycles. The molecule has 0 bridgehead atoms. The van der Waals surface area contributed by atoms with E-state index in [1.165, 1.54) is 12.1 Å². The molecule has 21 heavy (non-hydrogen) atoms. The minimum atomic E-state index is -1.16. The van der Waals surface area contributed by atoms with Gasteiger partial charge in [0, 0.05) is 17.7 Å². The maximum absolute atomic E-state index is 13.4. The van der Waals surface area contributed by atoms with Crippen molar-refractivity contribution in [3.8, 4) is 5.75 Å². The third-order valence-electron chi connectivity index (χ3n) is 3.37. The number of ether oxygens (including phenoxy) is 1. The molecule has 2 aromatic carbocycles. The summed E-state index contributed by atoms with van der Waals surface area (Å²) in [4.78, 5) is 0. The molecule has 3 N–H and O–H groups in total. The van der Waals surface area contributed by atoms with Crippen LogP contribution in [0.2, 0.25) is 0 Å². The molecular weight excluding hydrogens is 269 g/mol. The van der Waals surface area contributed by atoms with Gasteiger partial charge < -0.3 is 15.6 Å². The molecule has 2 rings (SSSR count). The summed E-state index contributed by atoms with van der Waals surface area (Å²) in [6.07, 6.45) is 0. The van der Waals surface area contributed by atoms with E-state index in [4.69, 9.17) is 10.5 Å². The van der Waals surface area contributed by atoms with Gasteiger partial charge in [-0.2, -0.15) is 0 Å². The molecule has 0 saturated carbocycles. The Morgan fingerprint density at radius 2 is 1.90 bits per heavy atom. The van der Waals surface area contributed by atoms with Crippen molar-refractivity contribution in [1.29, 1.82) is 0 Å². The third kappa shape index (κ3) is 3.80. The van der Waals surface area contributed by atoms with Crippen molar-refractivity contribution in [2.24, 2.45) is 5.73 Å². The lowest BCUT2D eigenvalue weighted by Crippen LogP contribution is -2.29. The predicted octanol–water partition coefficient (Wildman–Crippen LogP) is 3.13. The van der Waals surface area contributed by atoms with Crippen molar-refractivity contribution < 1.29 is 14.2 Å². The van der Waals surface area contributed by atoms with Crippen molar-refractivity contribution in [3.63, 3.8) is 0 Å². The molecule has 0 amide bonds. The van der Waals surface area contributed by atoms with Gasteiger partial charge >= 0.3 is 0 Å². The van der Waals surface area contributed by atoms with Gasteiger partial charge in [-0.1, -0.05) is 36.4 Å². The Balaban J connectivity index is 2.18. The summed E-state index contributed by atoms with van der Waals surface area (Å²) in [6.45, 7) is 3.48. The van der Waals surface area contributed by atoms with E-state index < -0.39 is 11.4 Å². The van der Waals surface area contributed by atoms with Crippen LogP contribution in [0.5, 0.6) is 5.75 Å². The van der Waals surface area contributed by atoms with E-state index in [9.17, 15) is 9.50 Å². The number of benzene rings is 2.